The van der Waals surface area contributed by atoms with Crippen molar-refractivity contribution in [2.45, 2.75) is 26.2 Å². The molecule has 3 rings (SSSR count). The Bertz CT molecular complexity index is 406. The highest BCUT2D eigenvalue weighted by Crippen LogP contribution is 2.39. The Morgan fingerprint density at radius 1 is 1.24 bits per heavy atom. The van der Waals surface area contributed by atoms with Crippen molar-refractivity contribution >= 4 is 11.6 Å². The normalized spacial score (nSPS) is 27.3. The molecule has 4 nitrogen and oxygen atoms in total. The molecule has 1 saturated heterocycles. The first kappa shape index (κ1) is 10.8. The Morgan fingerprint density at radius 2 is 1.94 bits per heavy atom. The van der Waals surface area contributed by atoms with Gasteiger partial charge in [0, 0.05) is 26.2 Å². The van der Waals surface area contributed by atoms with Crippen molar-refractivity contribution in [2.24, 2.45) is 11.8 Å². The summed E-state index contributed by atoms with van der Waals surface area (Å²) in [7, 11) is 1.91. The first-order valence-electron chi connectivity index (χ1n) is 6.54. The zero-order valence-electron chi connectivity index (χ0n) is 10.6. The minimum absolute atomic E-state index is 0.851. The largest absolute Gasteiger partial charge is 0.373 e. The molecule has 2 atom stereocenters. The highest BCUT2D eigenvalue weighted by atomic mass is 15.2. The lowest BCUT2D eigenvalue weighted by Crippen LogP contribution is -2.22. The van der Waals surface area contributed by atoms with Crippen LogP contribution in [0.15, 0.2) is 6.07 Å². The third kappa shape index (κ3) is 1.96. The van der Waals surface area contributed by atoms with Gasteiger partial charge >= 0.3 is 0 Å². The number of hydrogen-bond acceptors (Lipinski definition) is 4. The predicted octanol–water partition coefficient (Wildman–Crippen LogP) is 2.06. The monoisotopic (exact) mass is 232 g/mol. The van der Waals surface area contributed by atoms with E-state index in [0.717, 1.165) is 29.3 Å². The zero-order valence-corrected chi connectivity index (χ0v) is 10.6. The predicted molar refractivity (Wildman–Crippen MR) is 69.4 cm³/mol. The van der Waals surface area contributed by atoms with Crippen LogP contribution in [0, 0.1) is 18.8 Å². The van der Waals surface area contributed by atoms with Gasteiger partial charge in [0.15, 0.2) is 0 Å². The molecule has 4 heteroatoms. The average Bonchev–Trinajstić information content (AvgIpc) is 2.88. The summed E-state index contributed by atoms with van der Waals surface area (Å²) in [6.45, 7) is 4.33. The second-order valence-corrected chi connectivity index (χ2v) is 5.26. The third-order valence-corrected chi connectivity index (χ3v) is 4.13. The number of aryl methyl sites for hydroxylation is 1. The highest BCUT2D eigenvalue weighted by Gasteiger charge is 2.36. The summed E-state index contributed by atoms with van der Waals surface area (Å²) in [6.07, 6.45) is 4.24. The molecule has 0 radical (unpaired) electrons. The Morgan fingerprint density at radius 3 is 2.59 bits per heavy atom. The van der Waals surface area contributed by atoms with Gasteiger partial charge in [0.2, 0.25) is 0 Å². The lowest BCUT2D eigenvalue weighted by molar-refractivity contribution is 0.494. The summed E-state index contributed by atoms with van der Waals surface area (Å²) in [6, 6.07) is 2.06. The Labute approximate surface area is 102 Å². The number of fused-ring (bicyclic) bond motifs is 1. The van der Waals surface area contributed by atoms with E-state index < -0.39 is 0 Å². The zero-order chi connectivity index (χ0) is 11.8. The number of aromatic nitrogens is 2. The molecule has 17 heavy (non-hydrogen) atoms. The number of nitrogens with zero attached hydrogens (tertiary/aromatic N) is 3. The molecule has 1 aliphatic carbocycles. The van der Waals surface area contributed by atoms with Crippen LogP contribution < -0.4 is 10.2 Å². The quantitative estimate of drug-likeness (QED) is 0.847. The fourth-order valence-electron chi connectivity index (χ4n) is 3.26. The van der Waals surface area contributed by atoms with E-state index in [2.05, 4.69) is 26.3 Å². The molecule has 1 aliphatic heterocycles. The van der Waals surface area contributed by atoms with E-state index in [-0.39, 0.29) is 0 Å². The number of rotatable bonds is 2. The molecule has 0 spiro atoms. The van der Waals surface area contributed by atoms with E-state index in [1.54, 1.807) is 0 Å². The summed E-state index contributed by atoms with van der Waals surface area (Å²) in [5.41, 5.74) is 0. The first-order chi connectivity index (χ1) is 8.26. The lowest BCUT2D eigenvalue weighted by atomic mass is 10.0. The van der Waals surface area contributed by atoms with Crippen LogP contribution in [-0.4, -0.2) is 30.1 Å². The van der Waals surface area contributed by atoms with E-state index in [9.17, 15) is 0 Å². The molecule has 0 amide bonds. The van der Waals surface area contributed by atoms with Crippen LogP contribution in [0.3, 0.4) is 0 Å². The van der Waals surface area contributed by atoms with Crippen LogP contribution in [0.5, 0.6) is 0 Å². The smallest absolute Gasteiger partial charge is 0.134 e. The molecule has 2 aliphatic rings. The summed E-state index contributed by atoms with van der Waals surface area (Å²) < 4.78 is 0. The van der Waals surface area contributed by atoms with Gasteiger partial charge in [-0.25, -0.2) is 9.97 Å². The molecule has 1 saturated carbocycles. The Hall–Kier alpha value is -1.32. The van der Waals surface area contributed by atoms with E-state index in [1.165, 1.54) is 32.4 Å². The maximum atomic E-state index is 4.57. The number of nitrogens with one attached hydrogen (secondary N) is 1. The van der Waals surface area contributed by atoms with Gasteiger partial charge in [0.25, 0.3) is 0 Å². The van der Waals surface area contributed by atoms with Gasteiger partial charge in [-0.1, -0.05) is 6.42 Å². The van der Waals surface area contributed by atoms with E-state index in [1.807, 2.05) is 14.0 Å². The van der Waals surface area contributed by atoms with Crippen molar-refractivity contribution in [1.29, 1.82) is 0 Å². The molecule has 0 bridgehead atoms. The first-order valence-corrected chi connectivity index (χ1v) is 6.54. The van der Waals surface area contributed by atoms with Gasteiger partial charge in [-0.2, -0.15) is 0 Å². The van der Waals surface area contributed by atoms with Gasteiger partial charge in [0.05, 0.1) is 0 Å². The van der Waals surface area contributed by atoms with E-state index >= 15 is 0 Å². The molecule has 2 heterocycles. The molecule has 0 aromatic carbocycles. The minimum Gasteiger partial charge on any atom is -0.373 e. The Balaban J connectivity index is 1.82. The maximum absolute atomic E-state index is 4.57. The lowest BCUT2D eigenvalue weighted by Gasteiger charge is -2.19. The summed E-state index contributed by atoms with van der Waals surface area (Å²) in [5, 5.41) is 3.10. The van der Waals surface area contributed by atoms with Gasteiger partial charge in [0.1, 0.15) is 17.5 Å². The Kier molecular flexibility index (Phi) is 2.65. The second kappa shape index (κ2) is 4.17. The molecule has 1 aromatic heterocycles. The molecule has 1 N–H and O–H groups in total. The average molecular weight is 232 g/mol. The highest BCUT2D eigenvalue weighted by molar-refractivity contribution is 5.50. The van der Waals surface area contributed by atoms with Crippen molar-refractivity contribution in [3.05, 3.63) is 11.9 Å². The molecule has 2 unspecified atom stereocenters. The van der Waals surface area contributed by atoms with Crippen LogP contribution in [0.1, 0.15) is 25.1 Å². The van der Waals surface area contributed by atoms with Crippen molar-refractivity contribution in [2.75, 3.05) is 30.4 Å². The van der Waals surface area contributed by atoms with Gasteiger partial charge < -0.3 is 10.2 Å². The van der Waals surface area contributed by atoms with Crippen LogP contribution in [-0.2, 0) is 0 Å². The number of hydrogen-bond donors (Lipinski definition) is 1. The van der Waals surface area contributed by atoms with Crippen molar-refractivity contribution in [3.63, 3.8) is 0 Å². The molecule has 1 aromatic rings. The fourth-order valence-corrected chi connectivity index (χ4v) is 3.26. The van der Waals surface area contributed by atoms with Crippen molar-refractivity contribution in [1.82, 2.24) is 9.97 Å². The third-order valence-electron chi connectivity index (χ3n) is 4.13. The fraction of sp³-hybridized carbons (Fsp3) is 0.692. The van der Waals surface area contributed by atoms with Crippen LogP contribution in [0.25, 0.3) is 0 Å². The minimum atomic E-state index is 0.851. The molecule has 92 valence electrons. The number of anilines is 2. The topological polar surface area (TPSA) is 41.0 Å². The summed E-state index contributed by atoms with van der Waals surface area (Å²) in [5.74, 6) is 4.68. The molecular formula is C13H20N4. The molecule has 2 fully saturated rings. The SMILES string of the molecule is CNc1cc(N2CC3CCCC3C2)nc(C)n1. The summed E-state index contributed by atoms with van der Waals surface area (Å²) >= 11 is 0. The molecular weight excluding hydrogens is 212 g/mol. The van der Waals surface area contributed by atoms with Gasteiger partial charge in [-0.15, -0.1) is 0 Å². The van der Waals surface area contributed by atoms with Gasteiger partial charge in [-0.3, -0.25) is 0 Å². The summed E-state index contributed by atoms with van der Waals surface area (Å²) in [4.78, 5) is 11.3. The van der Waals surface area contributed by atoms with Crippen LogP contribution in [0.2, 0.25) is 0 Å². The van der Waals surface area contributed by atoms with Crippen LogP contribution in [0.4, 0.5) is 11.6 Å². The standard InChI is InChI=1S/C13H20N4/c1-9-15-12(14-2)6-13(16-9)17-7-10-4-3-5-11(10)8-17/h6,10-11H,3-5,7-8H2,1-2H3,(H,14,15,16). The van der Waals surface area contributed by atoms with E-state index in [0.29, 0.717) is 0 Å². The van der Waals surface area contributed by atoms with Crippen LogP contribution >= 0.6 is 0 Å². The van der Waals surface area contributed by atoms with Gasteiger partial charge in [-0.05, 0) is 31.6 Å². The van der Waals surface area contributed by atoms with Crippen molar-refractivity contribution < 1.29 is 0 Å². The second-order valence-electron chi connectivity index (χ2n) is 5.26. The maximum Gasteiger partial charge on any atom is 0.134 e. The van der Waals surface area contributed by atoms with Crippen molar-refractivity contribution in [3.8, 4) is 0 Å². The van der Waals surface area contributed by atoms with E-state index in [4.69, 9.17) is 0 Å².